The molecule has 1 aliphatic carbocycles. The summed E-state index contributed by atoms with van der Waals surface area (Å²) in [5, 5.41) is 4.47. The van der Waals surface area contributed by atoms with Gasteiger partial charge in [-0.3, -0.25) is 4.68 Å². The second-order valence-electron chi connectivity index (χ2n) is 4.74. The smallest absolute Gasteiger partial charge is 0.154 e. The quantitative estimate of drug-likeness (QED) is 0.715. The highest BCUT2D eigenvalue weighted by atomic mass is 15.3. The highest BCUT2D eigenvalue weighted by Gasteiger charge is 2.28. The van der Waals surface area contributed by atoms with E-state index in [0.717, 1.165) is 31.0 Å². The summed E-state index contributed by atoms with van der Waals surface area (Å²) in [6, 6.07) is 0. The highest BCUT2D eigenvalue weighted by Crippen LogP contribution is 2.38. The van der Waals surface area contributed by atoms with Crippen molar-refractivity contribution in [2.75, 3.05) is 6.54 Å². The molecule has 4 heteroatoms. The summed E-state index contributed by atoms with van der Waals surface area (Å²) in [6.07, 6.45) is 8.45. The fourth-order valence-corrected chi connectivity index (χ4v) is 1.95. The van der Waals surface area contributed by atoms with Gasteiger partial charge in [-0.25, -0.2) is 4.98 Å². The third-order valence-electron chi connectivity index (χ3n) is 3.17. The van der Waals surface area contributed by atoms with Crippen molar-refractivity contribution in [2.45, 2.75) is 50.9 Å². The minimum atomic E-state index is 0.664. The molecule has 0 bridgehead atoms. The largest absolute Gasteiger partial charge is 0.330 e. The molecule has 1 heterocycles. The van der Waals surface area contributed by atoms with Gasteiger partial charge in [0.15, 0.2) is 5.82 Å². The minimum absolute atomic E-state index is 0.664. The molecule has 0 radical (unpaired) electrons. The molecule has 90 valence electrons. The summed E-state index contributed by atoms with van der Waals surface area (Å²) in [6.45, 7) is 0.815. The lowest BCUT2D eigenvalue weighted by Crippen LogP contribution is -2.00. The first-order valence-electron chi connectivity index (χ1n) is 6.41. The molecule has 2 rings (SSSR count). The van der Waals surface area contributed by atoms with E-state index in [1.54, 1.807) is 0 Å². The Hall–Kier alpha value is -0.900. The first-order valence-corrected chi connectivity index (χ1v) is 6.41. The molecule has 0 aliphatic heterocycles. The van der Waals surface area contributed by atoms with Gasteiger partial charge in [0.2, 0.25) is 0 Å². The fraction of sp³-hybridized carbons (Fsp3) is 0.833. The Labute approximate surface area is 97.2 Å². The summed E-state index contributed by atoms with van der Waals surface area (Å²) in [5.41, 5.74) is 5.46. The first kappa shape index (κ1) is 11.6. The van der Waals surface area contributed by atoms with Gasteiger partial charge < -0.3 is 5.73 Å². The van der Waals surface area contributed by atoms with E-state index in [-0.39, 0.29) is 0 Å². The van der Waals surface area contributed by atoms with E-state index in [9.17, 15) is 0 Å². The van der Waals surface area contributed by atoms with Crippen molar-refractivity contribution in [3.63, 3.8) is 0 Å². The molecule has 0 unspecified atom stereocenters. The first-order chi connectivity index (χ1) is 7.81. The van der Waals surface area contributed by atoms with E-state index in [1.807, 2.05) is 11.7 Å². The Morgan fingerprint density at radius 1 is 1.25 bits per heavy atom. The number of hydrogen-bond acceptors (Lipinski definition) is 3. The van der Waals surface area contributed by atoms with Crippen molar-refractivity contribution in [2.24, 2.45) is 12.8 Å². The lowest BCUT2D eigenvalue weighted by atomic mass is 10.1. The second-order valence-corrected chi connectivity index (χ2v) is 4.74. The number of hydrogen-bond donors (Lipinski definition) is 1. The standard InChI is InChI=1S/C12H22N4/c1-16-11(6-4-2-3-5-9-13)14-12(15-16)10-7-8-10/h10H,2-9,13H2,1H3. The molecule has 1 aliphatic rings. The highest BCUT2D eigenvalue weighted by molar-refractivity contribution is 5.05. The Balaban J connectivity index is 1.75. The van der Waals surface area contributed by atoms with Gasteiger partial charge in [-0.15, -0.1) is 0 Å². The molecular formula is C12H22N4. The number of nitrogens with two attached hydrogens (primary N) is 1. The molecule has 4 nitrogen and oxygen atoms in total. The normalized spacial score (nSPS) is 15.6. The Morgan fingerprint density at radius 2 is 2.00 bits per heavy atom. The molecular weight excluding hydrogens is 200 g/mol. The van der Waals surface area contributed by atoms with Crippen LogP contribution in [0, 0.1) is 0 Å². The molecule has 1 saturated carbocycles. The van der Waals surface area contributed by atoms with Crippen LogP contribution >= 0.6 is 0 Å². The Morgan fingerprint density at radius 3 is 2.69 bits per heavy atom. The molecule has 0 atom stereocenters. The SMILES string of the molecule is Cn1nc(C2CC2)nc1CCCCCCN. The molecule has 16 heavy (non-hydrogen) atoms. The summed E-state index contributed by atoms with van der Waals surface area (Å²) < 4.78 is 1.95. The number of aryl methyl sites for hydroxylation is 2. The number of rotatable bonds is 7. The topological polar surface area (TPSA) is 56.7 Å². The maximum atomic E-state index is 5.46. The summed E-state index contributed by atoms with van der Waals surface area (Å²) in [5.74, 6) is 2.88. The van der Waals surface area contributed by atoms with Crippen LogP contribution in [0.25, 0.3) is 0 Å². The Kier molecular flexibility index (Phi) is 3.93. The summed E-state index contributed by atoms with van der Waals surface area (Å²) in [4.78, 5) is 4.62. The van der Waals surface area contributed by atoms with Crippen LogP contribution in [0.15, 0.2) is 0 Å². The maximum absolute atomic E-state index is 5.46. The molecule has 0 amide bonds. The van der Waals surface area contributed by atoms with Crippen LogP contribution in [0.5, 0.6) is 0 Å². The second kappa shape index (κ2) is 5.43. The van der Waals surface area contributed by atoms with E-state index in [4.69, 9.17) is 5.73 Å². The van der Waals surface area contributed by atoms with Crippen molar-refractivity contribution in [1.29, 1.82) is 0 Å². The molecule has 0 aromatic carbocycles. The van der Waals surface area contributed by atoms with Gasteiger partial charge in [0.1, 0.15) is 5.82 Å². The molecule has 1 fully saturated rings. The molecule has 2 N–H and O–H groups in total. The van der Waals surface area contributed by atoms with Gasteiger partial charge in [0.05, 0.1) is 0 Å². The van der Waals surface area contributed by atoms with Crippen LogP contribution in [0.1, 0.15) is 56.1 Å². The molecule has 1 aromatic heterocycles. The average Bonchev–Trinajstić information content (AvgIpc) is 3.05. The van der Waals surface area contributed by atoms with Crippen LogP contribution in [0.3, 0.4) is 0 Å². The third-order valence-corrected chi connectivity index (χ3v) is 3.17. The van der Waals surface area contributed by atoms with E-state index in [2.05, 4.69) is 10.1 Å². The van der Waals surface area contributed by atoms with Crippen molar-refractivity contribution < 1.29 is 0 Å². The van der Waals surface area contributed by atoms with E-state index in [0.29, 0.717) is 5.92 Å². The predicted molar refractivity (Wildman–Crippen MR) is 64.2 cm³/mol. The maximum Gasteiger partial charge on any atom is 0.154 e. The van der Waals surface area contributed by atoms with E-state index >= 15 is 0 Å². The minimum Gasteiger partial charge on any atom is -0.330 e. The predicted octanol–water partition coefficient (Wildman–Crippen LogP) is 1.75. The number of unbranched alkanes of at least 4 members (excludes halogenated alkanes) is 3. The van der Waals surface area contributed by atoms with Crippen molar-refractivity contribution in [3.8, 4) is 0 Å². The van der Waals surface area contributed by atoms with E-state index in [1.165, 1.54) is 32.1 Å². The van der Waals surface area contributed by atoms with Crippen LogP contribution < -0.4 is 5.73 Å². The number of nitrogens with zero attached hydrogens (tertiary/aromatic N) is 3. The third kappa shape index (κ3) is 3.04. The lowest BCUT2D eigenvalue weighted by molar-refractivity contribution is 0.611. The van der Waals surface area contributed by atoms with Gasteiger partial charge in [-0.2, -0.15) is 5.10 Å². The molecule has 0 spiro atoms. The van der Waals surface area contributed by atoms with Crippen LogP contribution in [-0.2, 0) is 13.5 Å². The van der Waals surface area contributed by atoms with Gasteiger partial charge >= 0.3 is 0 Å². The number of aromatic nitrogens is 3. The van der Waals surface area contributed by atoms with Crippen molar-refractivity contribution in [3.05, 3.63) is 11.6 Å². The van der Waals surface area contributed by atoms with Gasteiger partial charge in [0, 0.05) is 19.4 Å². The Bertz CT molecular complexity index is 328. The zero-order valence-electron chi connectivity index (χ0n) is 10.2. The van der Waals surface area contributed by atoms with Gasteiger partial charge in [0.25, 0.3) is 0 Å². The van der Waals surface area contributed by atoms with E-state index < -0.39 is 0 Å². The van der Waals surface area contributed by atoms with Crippen molar-refractivity contribution >= 4 is 0 Å². The molecule has 1 aromatic rings. The van der Waals surface area contributed by atoms with Crippen LogP contribution in [-0.4, -0.2) is 21.3 Å². The lowest BCUT2D eigenvalue weighted by Gasteiger charge is -1.99. The molecule has 0 saturated heterocycles. The zero-order chi connectivity index (χ0) is 11.4. The monoisotopic (exact) mass is 222 g/mol. The summed E-state index contributed by atoms with van der Waals surface area (Å²) in [7, 11) is 2.01. The van der Waals surface area contributed by atoms with Gasteiger partial charge in [-0.05, 0) is 32.2 Å². The van der Waals surface area contributed by atoms with Crippen LogP contribution in [0.4, 0.5) is 0 Å². The van der Waals surface area contributed by atoms with Crippen LogP contribution in [0.2, 0.25) is 0 Å². The average molecular weight is 222 g/mol. The fourth-order valence-electron chi connectivity index (χ4n) is 1.95. The van der Waals surface area contributed by atoms with Crippen molar-refractivity contribution in [1.82, 2.24) is 14.8 Å². The zero-order valence-corrected chi connectivity index (χ0v) is 10.2. The summed E-state index contributed by atoms with van der Waals surface area (Å²) >= 11 is 0. The van der Waals surface area contributed by atoms with Gasteiger partial charge in [-0.1, -0.05) is 12.8 Å².